The van der Waals surface area contributed by atoms with Gasteiger partial charge in [-0.3, -0.25) is 0 Å². The van der Waals surface area contributed by atoms with Crippen LogP contribution in [0.15, 0.2) is 22.6 Å². The van der Waals surface area contributed by atoms with Crippen LogP contribution in [-0.4, -0.2) is 53.9 Å². The monoisotopic (exact) mass is 363 g/mol. The first-order chi connectivity index (χ1) is 12.5. The summed E-state index contributed by atoms with van der Waals surface area (Å²) in [5, 5.41) is 13.6. The number of hydrogen-bond donors (Lipinski definition) is 0. The largest absolute Gasteiger partial charge is 0.462 e. The Labute approximate surface area is 152 Å². The van der Waals surface area contributed by atoms with E-state index in [-0.39, 0.29) is 24.5 Å². The molecular formula is C17H25N5O4. The number of fused-ring (bicyclic) bond motifs is 1. The van der Waals surface area contributed by atoms with Crippen LogP contribution in [0.3, 0.4) is 0 Å². The van der Waals surface area contributed by atoms with Gasteiger partial charge in [-0.2, -0.15) is 15.3 Å². The summed E-state index contributed by atoms with van der Waals surface area (Å²) in [6, 6.07) is -0.167. The van der Waals surface area contributed by atoms with Crippen molar-refractivity contribution in [2.75, 3.05) is 20.8 Å². The van der Waals surface area contributed by atoms with Gasteiger partial charge in [0.2, 0.25) is 0 Å². The molecule has 142 valence electrons. The summed E-state index contributed by atoms with van der Waals surface area (Å²) in [7, 11) is 3.14. The number of hydrogen-bond acceptors (Lipinski definition) is 8. The van der Waals surface area contributed by atoms with E-state index >= 15 is 0 Å². The lowest BCUT2D eigenvalue weighted by molar-refractivity contribution is -0.108. The number of azo groups is 1. The normalized spacial score (nSPS) is 13.0. The number of ether oxygens (including phenoxy) is 3. The molecule has 0 aliphatic heterocycles. The van der Waals surface area contributed by atoms with Crippen LogP contribution in [0, 0.1) is 0 Å². The minimum atomic E-state index is -0.487. The van der Waals surface area contributed by atoms with Crippen LogP contribution in [-0.2, 0) is 20.8 Å². The van der Waals surface area contributed by atoms with Gasteiger partial charge in [0, 0.05) is 33.4 Å². The van der Waals surface area contributed by atoms with Gasteiger partial charge in [0.25, 0.3) is 0 Å². The number of nitrogens with zero attached hydrogens (tertiary/aromatic N) is 5. The maximum Gasteiger partial charge on any atom is 0.342 e. The number of esters is 1. The van der Waals surface area contributed by atoms with Crippen molar-refractivity contribution in [2.45, 2.75) is 46.1 Å². The summed E-state index contributed by atoms with van der Waals surface area (Å²) >= 11 is 0. The van der Waals surface area contributed by atoms with E-state index in [0.717, 1.165) is 0 Å². The number of carbonyl (C=O) groups excluding carboxylic acids is 1. The van der Waals surface area contributed by atoms with Crippen LogP contribution >= 0.6 is 0 Å². The molecule has 26 heavy (non-hydrogen) atoms. The molecule has 9 nitrogen and oxygen atoms in total. The fraction of sp³-hybridized carbons (Fsp3) is 0.588. The molecule has 2 aromatic heterocycles. The molecule has 0 aliphatic rings. The summed E-state index contributed by atoms with van der Waals surface area (Å²) in [5.74, 6) is -0.487. The molecule has 0 bridgehead atoms. The van der Waals surface area contributed by atoms with Crippen molar-refractivity contribution in [3.8, 4) is 0 Å². The van der Waals surface area contributed by atoms with Gasteiger partial charge in [0.1, 0.15) is 11.3 Å². The Balaban J connectivity index is 2.41. The van der Waals surface area contributed by atoms with Crippen molar-refractivity contribution in [3.05, 3.63) is 18.0 Å². The van der Waals surface area contributed by atoms with E-state index in [1.54, 1.807) is 32.0 Å². The summed E-state index contributed by atoms with van der Waals surface area (Å²) in [5.41, 5.74) is 1.32. The van der Waals surface area contributed by atoms with Crippen LogP contribution in [0.1, 0.15) is 37.6 Å². The predicted octanol–water partition coefficient (Wildman–Crippen LogP) is 3.11. The van der Waals surface area contributed by atoms with Gasteiger partial charge in [0.15, 0.2) is 11.9 Å². The smallest absolute Gasteiger partial charge is 0.342 e. The average molecular weight is 363 g/mol. The molecule has 0 fully saturated rings. The molecule has 2 rings (SSSR count). The number of carbonyl (C=O) groups is 1. The van der Waals surface area contributed by atoms with Crippen molar-refractivity contribution in [1.29, 1.82) is 0 Å². The zero-order valence-electron chi connectivity index (χ0n) is 15.8. The molecule has 0 N–H and O–H groups in total. The molecule has 1 atom stereocenters. The third kappa shape index (κ3) is 4.41. The number of aromatic nitrogens is 3. The minimum Gasteiger partial charge on any atom is -0.462 e. The van der Waals surface area contributed by atoms with Gasteiger partial charge in [-0.05, 0) is 20.8 Å². The number of pyridine rings is 1. The number of methoxy groups -OCH3 is 2. The lowest BCUT2D eigenvalue weighted by Gasteiger charge is -2.15. The Morgan fingerprint density at radius 2 is 2.00 bits per heavy atom. The molecule has 9 heteroatoms. The molecular weight excluding hydrogens is 338 g/mol. The summed E-state index contributed by atoms with van der Waals surface area (Å²) < 4.78 is 17.2. The van der Waals surface area contributed by atoms with E-state index in [1.165, 1.54) is 6.20 Å². The first-order valence-corrected chi connectivity index (χ1v) is 8.53. The fourth-order valence-corrected chi connectivity index (χ4v) is 2.48. The van der Waals surface area contributed by atoms with E-state index in [1.807, 2.05) is 13.8 Å². The lowest BCUT2D eigenvalue weighted by Crippen LogP contribution is -2.18. The second-order valence-electron chi connectivity index (χ2n) is 5.64. The number of aryl methyl sites for hydroxylation is 1. The van der Waals surface area contributed by atoms with E-state index in [4.69, 9.17) is 14.2 Å². The maximum absolute atomic E-state index is 12.3. The molecule has 2 heterocycles. The summed E-state index contributed by atoms with van der Waals surface area (Å²) in [6.45, 7) is 6.53. The average Bonchev–Trinajstić information content (AvgIpc) is 3.07. The van der Waals surface area contributed by atoms with Gasteiger partial charge < -0.3 is 14.2 Å². The second kappa shape index (κ2) is 9.35. The zero-order chi connectivity index (χ0) is 19.1. The van der Waals surface area contributed by atoms with Gasteiger partial charge in [-0.15, -0.1) is 0 Å². The minimum absolute atomic E-state index is 0.167. The molecule has 0 amide bonds. The Bertz CT molecular complexity index is 770. The van der Waals surface area contributed by atoms with Crippen LogP contribution in [0.2, 0.25) is 0 Å². The first-order valence-electron chi connectivity index (χ1n) is 8.53. The van der Waals surface area contributed by atoms with Crippen molar-refractivity contribution >= 4 is 22.7 Å². The SMILES string of the molecule is CCOC(=O)c1cnc2c(cnn2CC)c1N=NC(C)CC(OC)OC. The third-order valence-electron chi connectivity index (χ3n) is 3.85. The first kappa shape index (κ1) is 19.9. The van der Waals surface area contributed by atoms with Gasteiger partial charge in [-0.1, -0.05) is 0 Å². The molecule has 0 spiro atoms. The standard InChI is InChI=1S/C17H25N5O4/c1-6-22-16-12(10-19-22)15(13(9-18-16)17(23)26-7-2)21-20-11(3)8-14(24-4)25-5/h9-11,14H,6-8H2,1-5H3. The second-order valence-corrected chi connectivity index (χ2v) is 5.64. The Morgan fingerprint density at radius 3 is 2.62 bits per heavy atom. The highest BCUT2D eigenvalue weighted by Gasteiger charge is 2.19. The van der Waals surface area contributed by atoms with E-state index in [0.29, 0.717) is 29.7 Å². The Kier molecular flexibility index (Phi) is 7.16. The summed E-state index contributed by atoms with van der Waals surface area (Å²) in [6.07, 6.45) is 3.27. The molecule has 0 aliphatic carbocycles. The van der Waals surface area contributed by atoms with Crippen molar-refractivity contribution in [3.63, 3.8) is 0 Å². The molecule has 0 saturated carbocycles. The van der Waals surface area contributed by atoms with Crippen LogP contribution in [0.25, 0.3) is 11.0 Å². The highest BCUT2D eigenvalue weighted by molar-refractivity contribution is 6.02. The molecule has 2 aromatic rings. The summed E-state index contributed by atoms with van der Waals surface area (Å²) in [4.78, 5) is 16.6. The predicted molar refractivity (Wildman–Crippen MR) is 95.6 cm³/mol. The van der Waals surface area contributed by atoms with E-state index < -0.39 is 5.97 Å². The van der Waals surface area contributed by atoms with Crippen LogP contribution < -0.4 is 0 Å². The highest BCUT2D eigenvalue weighted by Crippen LogP contribution is 2.30. The third-order valence-corrected chi connectivity index (χ3v) is 3.85. The van der Waals surface area contributed by atoms with Crippen molar-refractivity contribution in [2.24, 2.45) is 10.2 Å². The van der Waals surface area contributed by atoms with Gasteiger partial charge in [-0.25, -0.2) is 14.5 Å². The quantitative estimate of drug-likeness (QED) is 0.385. The molecule has 0 aromatic carbocycles. The molecule has 1 unspecified atom stereocenters. The Hall–Kier alpha value is -2.39. The van der Waals surface area contributed by atoms with Crippen LogP contribution in [0.5, 0.6) is 0 Å². The maximum atomic E-state index is 12.3. The Morgan fingerprint density at radius 1 is 1.27 bits per heavy atom. The highest BCUT2D eigenvalue weighted by atomic mass is 16.7. The van der Waals surface area contributed by atoms with Crippen molar-refractivity contribution in [1.82, 2.24) is 14.8 Å². The fourth-order valence-electron chi connectivity index (χ4n) is 2.48. The van der Waals surface area contributed by atoms with Gasteiger partial charge in [0.05, 0.1) is 24.2 Å². The topological polar surface area (TPSA) is 100 Å². The lowest BCUT2D eigenvalue weighted by atomic mass is 10.2. The van der Waals surface area contributed by atoms with E-state index in [9.17, 15) is 4.79 Å². The van der Waals surface area contributed by atoms with Gasteiger partial charge >= 0.3 is 5.97 Å². The van der Waals surface area contributed by atoms with Crippen LogP contribution in [0.4, 0.5) is 5.69 Å². The van der Waals surface area contributed by atoms with E-state index in [2.05, 4.69) is 20.3 Å². The zero-order valence-corrected chi connectivity index (χ0v) is 15.8. The number of rotatable bonds is 9. The molecule has 0 saturated heterocycles. The molecule has 0 radical (unpaired) electrons. The van der Waals surface area contributed by atoms with Crippen molar-refractivity contribution < 1.29 is 19.0 Å².